The maximum absolute atomic E-state index is 11.1. The van der Waals surface area contributed by atoms with Crippen LogP contribution in [0.4, 0.5) is 0 Å². The van der Waals surface area contributed by atoms with Crippen LogP contribution in [0, 0.1) is 5.92 Å². The lowest BCUT2D eigenvalue weighted by molar-refractivity contribution is -0.122. The van der Waals surface area contributed by atoms with Crippen LogP contribution in [0.25, 0.3) is 0 Å². The second-order valence-corrected chi connectivity index (χ2v) is 5.72. The molecule has 3 N–H and O–H groups in total. The molecule has 1 saturated heterocycles. The van der Waals surface area contributed by atoms with E-state index in [-0.39, 0.29) is 11.8 Å². The molecule has 1 aliphatic heterocycles. The van der Waals surface area contributed by atoms with Crippen LogP contribution in [0.1, 0.15) is 38.5 Å². The fourth-order valence-electron chi connectivity index (χ4n) is 3.18. The Kier molecular flexibility index (Phi) is 4.40. The number of nitrogens with one attached hydrogen (secondary N) is 1. The molecule has 0 spiro atoms. The van der Waals surface area contributed by atoms with Gasteiger partial charge in [-0.25, -0.2) is 0 Å². The van der Waals surface area contributed by atoms with E-state index in [9.17, 15) is 4.79 Å². The van der Waals surface area contributed by atoms with Crippen molar-refractivity contribution in [1.29, 1.82) is 0 Å². The molecule has 0 radical (unpaired) electrons. The van der Waals surface area contributed by atoms with E-state index in [0.29, 0.717) is 12.1 Å². The Morgan fingerprint density at radius 1 is 1.18 bits per heavy atom. The Hall–Kier alpha value is -0.610. The van der Waals surface area contributed by atoms with Gasteiger partial charge in [-0.2, -0.15) is 0 Å². The molecule has 1 unspecified atom stereocenters. The summed E-state index contributed by atoms with van der Waals surface area (Å²) >= 11 is 0. The van der Waals surface area contributed by atoms with Gasteiger partial charge in [-0.05, 0) is 52.1 Å². The van der Waals surface area contributed by atoms with Gasteiger partial charge in [-0.3, -0.25) is 4.79 Å². The minimum atomic E-state index is -0.110. The number of amides is 1. The number of nitrogens with zero attached hydrogens (tertiary/aromatic N) is 1. The number of rotatable bonds is 3. The van der Waals surface area contributed by atoms with Gasteiger partial charge in [0.2, 0.25) is 5.91 Å². The molecule has 2 rings (SSSR count). The fourth-order valence-corrected chi connectivity index (χ4v) is 3.18. The van der Waals surface area contributed by atoms with E-state index in [2.05, 4.69) is 17.3 Å². The number of hydrogen-bond acceptors (Lipinski definition) is 3. The van der Waals surface area contributed by atoms with Crippen molar-refractivity contribution in [1.82, 2.24) is 10.2 Å². The van der Waals surface area contributed by atoms with Crippen molar-refractivity contribution < 1.29 is 4.79 Å². The quantitative estimate of drug-likeness (QED) is 0.763. The lowest BCUT2D eigenvalue weighted by Crippen LogP contribution is -2.49. The third-order valence-electron chi connectivity index (χ3n) is 4.23. The first-order valence-electron chi connectivity index (χ1n) is 6.89. The smallest absolute Gasteiger partial charge is 0.220 e. The molecule has 0 aromatic carbocycles. The van der Waals surface area contributed by atoms with E-state index >= 15 is 0 Å². The first-order valence-corrected chi connectivity index (χ1v) is 6.89. The molecule has 0 aromatic heterocycles. The zero-order chi connectivity index (χ0) is 12.3. The average molecular weight is 239 g/mol. The van der Waals surface area contributed by atoms with E-state index in [1.165, 1.54) is 19.4 Å². The van der Waals surface area contributed by atoms with Gasteiger partial charge in [0.1, 0.15) is 0 Å². The van der Waals surface area contributed by atoms with Gasteiger partial charge in [-0.15, -0.1) is 0 Å². The summed E-state index contributed by atoms with van der Waals surface area (Å²) in [7, 11) is 2.19. The molecule has 0 bridgehead atoms. The van der Waals surface area contributed by atoms with Crippen molar-refractivity contribution in [2.24, 2.45) is 11.7 Å². The monoisotopic (exact) mass is 239 g/mol. The molecule has 1 aliphatic carbocycles. The van der Waals surface area contributed by atoms with Crippen molar-refractivity contribution in [2.75, 3.05) is 20.1 Å². The standard InChI is InChI=1S/C13H25N3O/c1-16-8-2-3-12(9-16)15-11-6-4-10(5-7-11)13(14)17/h10-12,15H,2-9H2,1H3,(H2,14,17). The van der Waals surface area contributed by atoms with Gasteiger partial charge in [0.05, 0.1) is 0 Å². The number of primary amides is 1. The second-order valence-electron chi connectivity index (χ2n) is 5.72. The molecule has 2 fully saturated rings. The minimum Gasteiger partial charge on any atom is -0.369 e. The molecule has 1 atom stereocenters. The van der Waals surface area contributed by atoms with E-state index in [4.69, 9.17) is 5.73 Å². The number of likely N-dealkylation sites (N-methyl/N-ethyl adjacent to an activating group) is 1. The molecule has 4 nitrogen and oxygen atoms in total. The summed E-state index contributed by atoms with van der Waals surface area (Å²) < 4.78 is 0. The Balaban J connectivity index is 1.72. The zero-order valence-electron chi connectivity index (χ0n) is 10.8. The molecule has 2 aliphatic rings. The number of likely N-dealkylation sites (tertiary alicyclic amines) is 1. The van der Waals surface area contributed by atoms with E-state index in [0.717, 1.165) is 32.2 Å². The maximum Gasteiger partial charge on any atom is 0.220 e. The van der Waals surface area contributed by atoms with Crippen LogP contribution in [-0.2, 0) is 4.79 Å². The summed E-state index contributed by atoms with van der Waals surface area (Å²) in [5.74, 6) is 0.0166. The second kappa shape index (κ2) is 5.83. The van der Waals surface area contributed by atoms with Crippen molar-refractivity contribution in [3.8, 4) is 0 Å². The molecule has 1 amide bonds. The highest BCUT2D eigenvalue weighted by atomic mass is 16.1. The Bertz CT molecular complexity index is 261. The van der Waals surface area contributed by atoms with Gasteiger partial charge in [-0.1, -0.05) is 0 Å². The lowest BCUT2D eigenvalue weighted by atomic mass is 9.85. The molecular weight excluding hydrogens is 214 g/mol. The van der Waals surface area contributed by atoms with Crippen molar-refractivity contribution in [3.05, 3.63) is 0 Å². The zero-order valence-corrected chi connectivity index (χ0v) is 10.8. The normalized spacial score (nSPS) is 35.7. The van der Waals surface area contributed by atoms with Gasteiger partial charge >= 0.3 is 0 Å². The molecule has 17 heavy (non-hydrogen) atoms. The summed E-state index contributed by atoms with van der Waals surface area (Å²) in [6, 6.07) is 1.24. The van der Waals surface area contributed by atoms with Gasteiger partial charge in [0.15, 0.2) is 0 Å². The van der Waals surface area contributed by atoms with Gasteiger partial charge in [0, 0.05) is 24.5 Å². The van der Waals surface area contributed by atoms with Crippen LogP contribution >= 0.6 is 0 Å². The molecule has 1 saturated carbocycles. The number of carbonyl (C=O) groups is 1. The first kappa shape index (κ1) is 12.8. The highest BCUT2D eigenvalue weighted by molar-refractivity contribution is 5.76. The van der Waals surface area contributed by atoms with Crippen molar-refractivity contribution in [2.45, 2.75) is 50.6 Å². The Morgan fingerprint density at radius 3 is 2.47 bits per heavy atom. The number of hydrogen-bond donors (Lipinski definition) is 2. The average Bonchev–Trinajstić information content (AvgIpc) is 2.29. The first-order chi connectivity index (χ1) is 8.15. The molecule has 0 aromatic rings. The Labute approximate surface area is 104 Å². The van der Waals surface area contributed by atoms with Crippen LogP contribution in [0.15, 0.2) is 0 Å². The number of piperidine rings is 1. The van der Waals surface area contributed by atoms with Gasteiger partial charge < -0.3 is 16.0 Å². The lowest BCUT2D eigenvalue weighted by Gasteiger charge is -2.35. The van der Waals surface area contributed by atoms with Crippen molar-refractivity contribution in [3.63, 3.8) is 0 Å². The Morgan fingerprint density at radius 2 is 1.88 bits per heavy atom. The number of nitrogens with two attached hydrogens (primary N) is 1. The third-order valence-corrected chi connectivity index (χ3v) is 4.23. The summed E-state index contributed by atoms with van der Waals surface area (Å²) in [5, 5.41) is 3.75. The van der Waals surface area contributed by atoms with Crippen LogP contribution in [0.5, 0.6) is 0 Å². The van der Waals surface area contributed by atoms with Crippen molar-refractivity contribution >= 4 is 5.91 Å². The molecule has 98 valence electrons. The summed E-state index contributed by atoms with van der Waals surface area (Å²) in [6.07, 6.45) is 6.73. The van der Waals surface area contributed by atoms with Gasteiger partial charge in [0.25, 0.3) is 0 Å². The van der Waals surface area contributed by atoms with Crippen LogP contribution in [0.2, 0.25) is 0 Å². The third kappa shape index (κ3) is 3.68. The van der Waals surface area contributed by atoms with Crippen LogP contribution in [-0.4, -0.2) is 43.0 Å². The topological polar surface area (TPSA) is 58.4 Å². The van der Waals surface area contributed by atoms with Crippen LogP contribution < -0.4 is 11.1 Å². The highest BCUT2D eigenvalue weighted by Gasteiger charge is 2.27. The molecular formula is C13H25N3O. The van der Waals surface area contributed by atoms with E-state index in [1.54, 1.807) is 0 Å². The SMILES string of the molecule is CN1CCCC(NC2CCC(C(N)=O)CC2)C1. The molecule has 4 heteroatoms. The molecule has 1 heterocycles. The summed E-state index contributed by atoms with van der Waals surface area (Å²) in [4.78, 5) is 13.5. The maximum atomic E-state index is 11.1. The summed E-state index contributed by atoms with van der Waals surface area (Å²) in [5.41, 5.74) is 5.35. The number of carbonyl (C=O) groups excluding carboxylic acids is 1. The summed E-state index contributed by atoms with van der Waals surface area (Å²) in [6.45, 7) is 2.39. The largest absolute Gasteiger partial charge is 0.369 e. The van der Waals surface area contributed by atoms with E-state index in [1.807, 2.05) is 0 Å². The van der Waals surface area contributed by atoms with E-state index < -0.39 is 0 Å². The van der Waals surface area contributed by atoms with Crippen LogP contribution in [0.3, 0.4) is 0 Å². The predicted molar refractivity (Wildman–Crippen MR) is 68.6 cm³/mol. The minimum absolute atomic E-state index is 0.110. The highest BCUT2D eigenvalue weighted by Crippen LogP contribution is 2.24. The predicted octanol–water partition coefficient (Wildman–Crippen LogP) is 0.714. The fraction of sp³-hybridized carbons (Fsp3) is 0.923.